The summed E-state index contributed by atoms with van der Waals surface area (Å²) in [6.45, 7) is 4.19. The van der Waals surface area contributed by atoms with Gasteiger partial charge in [-0.15, -0.1) is 12.4 Å². The molecule has 1 aromatic rings. The van der Waals surface area contributed by atoms with E-state index < -0.39 is 0 Å². The van der Waals surface area contributed by atoms with Gasteiger partial charge in [0.25, 0.3) is 5.91 Å². The number of rotatable bonds is 4. The average molecular weight is 338 g/mol. The summed E-state index contributed by atoms with van der Waals surface area (Å²) >= 11 is 0. The number of carbonyl (C=O) groups is 2. The van der Waals surface area contributed by atoms with Gasteiger partial charge in [-0.2, -0.15) is 0 Å². The highest BCUT2D eigenvalue weighted by atomic mass is 35.5. The number of nitrogens with two attached hydrogens (primary N) is 1. The maximum absolute atomic E-state index is 12.5. The van der Waals surface area contributed by atoms with Crippen molar-refractivity contribution in [3.8, 4) is 0 Å². The Morgan fingerprint density at radius 2 is 2.13 bits per heavy atom. The van der Waals surface area contributed by atoms with Gasteiger partial charge in [-0.25, -0.2) is 0 Å². The summed E-state index contributed by atoms with van der Waals surface area (Å²) in [4.78, 5) is 26.3. The van der Waals surface area contributed by atoms with E-state index in [1.807, 2.05) is 17.0 Å². The molecule has 1 aromatic carbocycles. The third-order valence-electron chi connectivity index (χ3n) is 4.73. The van der Waals surface area contributed by atoms with Crippen molar-refractivity contribution in [1.82, 2.24) is 4.90 Å². The summed E-state index contributed by atoms with van der Waals surface area (Å²) in [5.41, 5.74) is 7.00. The Morgan fingerprint density at radius 1 is 1.39 bits per heavy atom. The molecule has 2 amide bonds. The van der Waals surface area contributed by atoms with Gasteiger partial charge < -0.3 is 16.0 Å². The van der Waals surface area contributed by atoms with E-state index in [-0.39, 0.29) is 30.1 Å². The van der Waals surface area contributed by atoms with Crippen LogP contribution in [0.1, 0.15) is 30.1 Å². The first-order valence-corrected chi connectivity index (χ1v) is 7.98. The van der Waals surface area contributed by atoms with Gasteiger partial charge in [0.1, 0.15) is 0 Å². The van der Waals surface area contributed by atoms with Gasteiger partial charge in [-0.05, 0) is 49.4 Å². The zero-order valence-electron chi connectivity index (χ0n) is 13.3. The van der Waals surface area contributed by atoms with Gasteiger partial charge in [-0.1, -0.05) is 13.0 Å². The second-order valence-corrected chi connectivity index (χ2v) is 6.53. The molecule has 1 aliphatic heterocycles. The lowest BCUT2D eigenvalue weighted by Crippen LogP contribution is -2.29. The molecule has 6 heteroatoms. The number of hydrogen-bond acceptors (Lipinski definition) is 3. The predicted octanol–water partition coefficient (Wildman–Crippen LogP) is 2.12. The normalized spacial score (nSPS) is 25.7. The molecule has 0 radical (unpaired) electrons. The molecule has 1 heterocycles. The third-order valence-corrected chi connectivity index (χ3v) is 4.73. The van der Waals surface area contributed by atoms with E-state index in [1.165, 1.54) is 0 Å². The number of benzene rings is 1. The molecule has 3 atom stereocenters. The Morgan fingerprint density at radius 3 is 2.74 bits per heavy atom. The van der Waals surface area contributed by atoms with Crippen LogP contribution in [0.5, 0.6) is 0 Å². The molecule has 2 fully saturated rings. The van der Waals surface area contributed by atoms with Crippen molar-refractivity contribution < 1.29 is 9.59 Å². The zero-order valence-corrected chi connectivity index (χ0v) is 14.1. The Kier molecular flexibility index (Phi) is 5.65. The van der Waals surface area contributed by atoms with Crippen molar-refractivity contribution in [2.45, 2.75) is 19.8 Å². The smallest absolute Gasteiger partial charge is 0.253 e. The molecule has 0 bridgehead atoms. The zero-order chi connectivity index (χ0) is 15.7. The SMILES string of the molecule is CC1CC1C(=O)Nc1cccc(C(=O)N2CCC(CN)C2)c1.Cl. The van der Waals surface area contributed by atoms with Crippen LogP contribution in [-0.4, -0.2) is 36.3 Å². The van der Waals surface area contributed by atoms with Crippen molar-refractivity contribution in [2.75, 3.05) is 25.0 Å². The summed E-state index contributed by atoms with van der Waals surface area (Å²) in [5.74, 6) is 1.09. The lowest BCUT2D eigenvalue weighted by atomic mass is 10.1. The van der Waals surface area contributed by atoms with Gasteiger partial charge in [0.2, 0.25) is 5.91 Å². The van der Waals surface area contributed by atoms with E-state index in [1.54, 1.807) is 12.1 Å². The van der Waals surface area contributed by atoms with Crippen molar-refractivity contribution in [1.29, 1.82) is 0 Å². The standard InChI is InChI=1S/C17H23N3O2.ClH/c1-11-7-15(11)16(21)19-14-4-2-3-13(8-14)17(22)20-6-5-12(9-18)10-20;/h2-4,8,11-12,15H,5-7,9-10,18H2,1H3,(H,19,21);1H. The lowest BCUT2D eigenvalue weighted by Gasteiger charge is -2.17. The summed E-state index contributed by atoms with van der Waals surface area (Å²) < 4.78 is 0. The van der Waals surface area contributed by atoms with Gasteiger partial charge in [-0.3, -0.25) is 9.59 Å². The molecule has 3 unspecified atom stereocenters. The van der Waals surface area contributed by atoms with Crippen LogP contribution < -0.4 is 11.1 Å². The molecule has 0 spiro atoms. The first kappa shape index (κ1) is 17.8. The van der Waals surface area contributed by atoms with Gasteiger partial charge in [0.05, 0.1) is 0 Å². The van der Waals surface area contributed by atoms with Crippen molar-refractivity contribution in [2.24, 2.45) is 23.5 Å². The Labute approximate surface area is 143 Å². The summed E-state index contributed by atoms with van der Waals surface area (Å²) in [5, 5.41) is 2.91. The molecule has 3 N–H and O–H groups in total. The molecule has 5 nitrogen and oxygen atoms in total. The summed E-state index contributed by atoms with van der Waals surface area (Å²) in [6.07, 6.45) is 1.93. The van der Waals surface area contributed by atoms with E-state index >= 15 is 0 Å². The predicted molar refractivity (Wildman–Crippen MR) is 92.7 cm³/mol. The van der Waals surface area contributed by atoms with E-state index in [4.69, 9.17) is 5.73 Å². The van der Waals surface area contributed by atoms with Crippen molar-refractivity contribution in [3.63, 3.8) is 0 Å². The number of anilines is 1. The maximum Gasteiger partial charge on any atom is 0.253 e. The molecule has 126 valence electrons. The van der Waals surface area contributed by atoms with Crippen LogP contribution in [0.15, 0.2) is 24.3 Å². The fourth-order valence-corrected chi connectivity index (χ4v) is 3.04. The molecule has 2 aliphatic rings. The van der Waals surface area contributed by atoms with Crippen LogP contribution >= 0.6 is 12.4 Å². The van der Waals surface area contributed by atoms with Crippen LogP contribution in [-0.2, 0) is 4.79 Å². The number of nitrogens with zero attached hydrogens (tertiary/aromatic N) is 1. The minimum atomic E-state index is 0. The first-order valence-electron chi connectivity index (χ1n) is 7.98. The molecule has 1 aliphatic carbocycles. The summed E-state index contributed by atoms with van der Waals surface area (Å²) in [7, 11) is 0. The van der Waals surface area contributed by atoms with Gasteiger partial charge in [0, 0.05) is 30.3 Å². The Balaban J connectivity index is 0.00000192. The molecule has 0 aromatic heterocycles. The van der Waals surface area contributed by atoms with E-state index in [2.05, 4.69) is 12.2 Å². The van der Waals surface area contributed by atoms with E-state index in [0.717, 1.165) is 25.9 Å². The highest BCUT2D eigenvalue weighted by Gasteiger charge is 2.39. The number of halogens is 1. The lowest BCUT2D eigenvalue weighted by molar-refractivity contribution is -0.117. The highest BCUT2D eigenvalue weighted by Crippen LogP contribution is 2.38. The van der Waals surface area contributed by atoms with Crippen LogP contribution in [0.25, 0.3) is 0 Å². The molecule has 1 saturated carbocycles. The Hall–Kier alpha value is -1.59. The molecule has 3 rings (SSSR count). The van der Waals surface area contributed by atoms with Crippen LogP contribution in [0, 0.1) is 17.8 Å². The number of hydrogen-bond donors (Lipinski definition) is 2. The Bertz CT molecular complexity index is 593. The van der Waals surface area contributed by atoms with Gasteiger partial charge >= 0.3 is 0 Å². The highest BCUT2D eigenvalue weighted by molar-refractivity contribution is 5.98. The summed E-state index contributed by atoms with van der Waals surface area (Å²) in [6, 6.07) is 7.21. The van der Waals surface area contributed by atoms with E-state index in [0.29, 0.717) is 29.6 Å². The second-order valence-electron chi connectivity index (χ2n) is 6.53. The molecular weight excluding hydrogens is 314 g/mol. The topological polar surface area (TPSA) is 75.4 Å². The molecule has 23 heavy (non-hydrogen) atoms. The minimum absolute atomic E-state index is 0. The molecular formula is C17H24ClN3O2. The van der Waals surface area contributed by atoms with E-state index in [9.17, 15) is 9.59 Å². The molecule has 1 saturated heterocycles. The quantitative estimate of drug-likeness (QED) is 0.883. The first-order chi connectivity index (χ1) is 10.6. The number of amides is 2. The second kappa shape index (κ2) is 7.32. The third kappa shape index (κ3) is 4.03. The fraction of sp³-hybridized carbons (Fsp3) is 0.529. The van der Waals surface area contributed by atoms with Crippen LogP contribution in [0.3, 0.4) is 0 Å². The number of likely N-dealkylation sites (tertiary alicyclic amines) is 1. The van der Waals surface area contributed by atoms with Gasteiger partial charge in [0.15, 0.2) is 0 Å². The van der Waals surface area contributed by atoms with Crippen LogP contribution in [0.2, 0.25) is 0 Å². The van der Waals surface area contributed by atoms with Crippen molar-refractivity contribution in [3.05, 3.63) is 29.8 Å². The fourth-order valence-electron chi connectivity index (χ4n) is 3.04. The number of carbonyl (C=O) groups excluding carboxylic acids is 2. The largest absolute Gasteiger partial charge is 0.338 e. The minimum Gasteiger partial charge on any atom is -0.338 e. The average Bonchev–Trinajstić information content (AvgIpc) is 3.07. The monoisotopic (exact) mass is 337 g/mol. The maximum atomic E-state index is 12.5. The van der Waals surface area contributed by atoms with Crippen LogP contribution in [0.4, 0.5) is 5.69 Å². The van der Waals surface area contributed by atoms with Crippen molar-refractivity contribution >= 4 is 29.9 Å². The number of nitrogens with one attached hydrogen (secondary N) is 1.